The number of amides is 1. The van der Waals surface area contributed by atoms with Crippen LogP contribution in [0.3, 0.4) is 0 Å². The Bertz CT molecular complexity index is 341. The lowest BCUT2D eigenvalue weighted by Crippen LogP contribution is -2.61. The number of carbonyl (C=O) groups is 2. The highest BCUT2D eigenvalue weighted by atomic mass is 16.5. The standard InChI is InChI=1S/C13H25N3O4/c1-13(2,16-6-4-14-5-7-16)12(19)15(8-9-20-3)10-11(17)18/h14H,4-10H2,1-3H3,(H,17,18). The second-order valence-corrected chi connectivity index (χ2v) is 5.41. The number of hydrogen-bond acceptors (Lipinski definition) is 5. The molecule has 1 amide bonds. The summed E-state index contributed by atoms with van der Waals surface area (Å²) in [7, 11) is 1.53. The second kappa shape index (κ2) is 7.56. The third-order valence-corrected chi connectivity index (χ3v) is 3.61. The molecule has 7 nitrogen and oxygen atoms in total. The maximum absolute atomic E-state index is 12.7. The molecular formula is C13H25N3O4. The zero-order valence-corrected chi connectivity index (χ0v) is 12.5. The van der Waals surface area contributed by atoms with Crippen molar-refractivity contribution in [2.45, 2.75) is 19.4 Å². The van der Waals surface area contributed by atoms with Crippen molar-refractivity contribution in [2.24, 2.45) is 0 Å². The van der Waals surface area contributed by atoms with Gasteiger partial charge in [0.1, 0.15) is 6.54 Å². The first-order valence-corrected chi connectivity index (χ1v) is 6.85. The number of piperazine rings is 1. The smallest absolute Gasteiger partial charge is 0.323 e. The topological polar surface area (TPSA) is 82.1 Å². The lowest BCUT2D eigenvalue weighted by atomic mass is 9.99. The van der Waals surface area contributed by atoms with E-state index in [-0.39, 0.29) is 19.0 Å². The molecule has 20 heavy (non-hydrogen) atoms. The number of aliphatic carboxylic acids is 1. The van der Waals surface area contributed by atoms with Gasteiger partial charge in [-0.2, -0.15) is 0 Å². The summed E-state index contributed by atoms with van der Waals surface area (Å²) in [5.41, 5.74) is -0.703. The van der Waals surface area contributed by atoms with Crippen LogP contribution >= 0.6 is 0 Å². The number of carboxylic acid groups (broad SMARTS) is 1. The Morgan fingerprint density at radius 3 is 2.45 bits per heavy atom. The van der Waals surface area contributed by atoms with E-state index in [9.17, 15) is 9.59 Å². The SMILES string of the molecule is COCCN(CC(=O)O)C(=O)C(C)(C)N1CCNCC1. The summed E-state index contributed by atoms with van der Waals surface area (Å²) in [4.78, 5) is 27.0. The number of methoxy groups -OCH3 is 1. The van der Waals surface area contributed by atoms with E-state index in [1.165, 1.54) is 12.0 Å². The van der Waals surface area contributed by atoms with E-state index < -0.39 is 11.5 Å². The minimum absolute atomic E-state index is 0.168. The summed E-state index contributed by atoms with van der Waals surface area (Å²) in [6.45, 7) is 7.27. The van der Waals surface area contributed by atoms with Crippen LogP contribution in [0.5, 0.6) is 0 Å². The van der Waals surface area contributed by atoms with Crippen molar-refractivity contribution in [3.05, 3.63) is 0 Å². The van der Waals surface area contributed by atoms with Gasteiger partial charge in [0.15, 0.2) is 0 Å². The molecule has 0 unspecified atom stereocenters. The highest BCUT2D eigenvalue weighted by Gasteiger charge is 2.38. The van der Waals surface area contributed by atoms with Crippen molar-refractivity contribution in [1.29, 1.82) is 0 Å². The van der Waals surface area contributed by atoms with Crippen molar-refractivity contribution in [3.63, 3.8) is 0 Å². The van der Waals surface area contributed by atoms with Gasteiger partial charge in [-0.25, -0.2) is 0 Å². The predicted octanol–water partition coefficient (Wildman–Crippen LogP) is -0.770. The fourth-order valence-electron chi connectivity index (χ4n) is 2.36. The summed E-state index contributed by atoms with van der Waals surface area (Å²) < 4.78 is 4.95. The zero-order valence-electron chi connectivity index (χ0n) is 12.5. The van der Waals surface area contributed by atoms with Gasteiger partial charge in [0, 0.05) is 39.8 Å². The lowest BCUT2D eigenvalue weighted by Gasteiger charge is -2.42. The number of nitrogens with zero attached hydrogens (tertiary/aromatic N) is 2. The molecular weight excluding hydrogens is 262 g/mol. The lowest BCUT2D eigenvalue weighted by molar-refractivity contribution is -0.151. The van der Waals surface area contributed by atoms with Crippen LogP contribution in [0.25, 0.3) is 0 Å². The first-order valence-electron chi connectivity index (χ1n) is 6.85. The van der Waals surface area contributed by atoms with Crippen LogP contribution in [0.2, 0.25) is 0 Å². The number of carboxylic acids is 1. The monoisotopic (exact) mass is 287 g/mol. The molecule has 1 aliphatic rings. The van der Waals surface area contributed by atoms with Gasteiger partial charge in [0.05, 0.1) is 12.1 Å². The molecule has 1 rings (SSSR count). The van der Waals surface area contributed by atoms with E-state index in [0.29, 0.717) is 6.61 Å². The molecule has 1 saturated heterocycles. The van der Waals surface area contributed by atoms with E-state index in [2.05, 4.69) is 10.2 Å². The number of ether oxygens (including phenoxy) is 1. The molecule has 0 saturated carbocycles. The third kappa shape index (κ3) is 4.43. The predicted molar refractivity (Wildman–Crippen MR) is 74.6 cm³/mol. The first-order chi connectivity index (χ1) is 9.39. The molecule has 0 radical (unpaired) electrons. The Labute approximate surface area is 119 Å². The van der Waals surface area contributed by atoms with Crippen molar-refractivity contribution in [2.75, 3.05) is 53.0 Å². The quantitative estimate of drug-likeness (QED) is 0.640. The van der Waals surface area contributed by atoms with Gasteiger partial charge >= 0.3 is 5.97 Å². The Morgan fingerprint density at radius 1 is 1.35 bits per heavy atom. The van der Waals surface area contributed by atoms with Crippen LogP contribution in [0.15, 0.2) is 0 Å². The highest BCUT2D eigenvalue weighted by Crippen LogP contribution is 2.18. The zero-order chi connectivity index (χ0) is 15.2. The van der Waals surface area contributed by atoms with Crippen LogP contribution in [0.1, 0.15) is 13.8 Å². The Hall–Kier alpha value is -1.18. The van der Waals surface area contributed by atoms with Gasteiger partial charge in [0.2, 0.25) is 5.91 Å². The largest absolute Gasteiger partial charge is 0.480 e. The van der Waals surface area contributed by atoms with E-state index in [1.807, 2.05) is 13.8 Å². The molecule has 0 aromatic rings. The van der Waals surface area contributed by atoms with Gasteiger partial charge < -0.3 is 20.1 Å². The summed E-state index contributed by atoms with van der Waals surface area (Å²) in [5, 5.41) is 12.2. The van der Waals surface area contributed by atoms with Gasteiger partial charge in [-0.15, -0.1) is 0 Å². The first kappa shape index (κ1) is 16.9. The molecule has 0 aromatic heterocycles. The minimum Gasteiger partial charge on any atom is -0.480 e. The summed E-state index contributed by atoms with van der Waals surface area (Å²) in [6, 6.07) is 0. The van der Waals surface area contributed by atoms with E-state index in [1.54, 1.807) is 0 Å². The number of rotatable bonds is 7. The normalized spacial score (nSPS) is 16.9. The fourth-order valence-corrected chi connectivity index (χ4v) is 2.36. The summed E-state index contributed by atoms with van der Waals surface area (Å²) in [5.74, 6) is -1.18. The third-order valence-electron chi connectivity index (χ3n) is 3.61. The summed E-state index contributed by atoms with van der Waals surface area (Å²) in [6.07, 6.45) is 0. The van der Waals surface area contributed by atoms with Crippen molar-refractivity contribution in [3.8, 4) is 0 Å². The molecule has 1 heterocycles. The molecule has 0 aromatic carbocycles. The van der Waals surface area contributed by atoms with E-state index in [4.69, 9.17) is 9.84 Å². The maximum Gasteiger partial charge on any atom is 0.323 e. The number of carbonyl (C=O) groups excluding carboxylic acids is 1. The average Bonchev–Trinajstić information content (AvgIpc) is 2.43. The molecule has 1 fully saturated rings. The summed E-state index contributed by atoms with van der Waals surface area (Å²) >= 11 is 0. The average molecular weight is 287 g/mol. The van der Waals surface area contributed by atoms with Crippen molar-refractivity contribution >= 4 is 11.9 Å². The van der Waals surface area contributed by atoms with E-state index >= 15 is 0 Å². The Kier molecular flexibility index (Phi) is 6.38. The molecule has 116 valence electrons. The maximum atomic E-state index is 12.7. The van der Waals surface area contributed by atoms with E-state index in [0.717, 1.165) is 26.2 Å². The van der Waals surface area contributed by atoms with Crippen LogP contribution in [0, 0.1) is 0 Å². The molecule has 0 bridgehead atoms. The van der Waals surface area contributed by atoms with Crippen LogP contribution in [0.4, 0.5) is 0 Å². The molecule has 0 spiro atoms. The second-order valence-electron chi connectivity index (χ2n) is 5.41. The minimum atomic E-state index is -1.01. The fraction of sp³-hybridized carbons (Fsp3) is 0.846. The molecule has 7 heteroatoms. The van der Waals surface area contributed by atoms with Gasteiger partial charge in [-0.3, -0.25) is 14.5 Å². The number of hydrogen-bond donors (Lipinski definition) is 2. The van der Waals surface area contributed by atoms with Gasteiger partial charge in [0.25, 0.3) is 0 Å². The van der Waals surface area contributed by atoms with Crippen LogP contribution in [-0.2, 0) is 14.3 Å². The molecule has 0 atom stereocenters. The molecule has 2 N–H and O–H groups in total. The molecule has 0 aliphatic carbocycles. The number of nitrogens with one attached hydrogen (secondary N) is 1. The van der Waals surface area contributed by atoms with Crippen molar-refractivity contribution in [1.82, 2.24) is 15.1 Å². The Morgan fingerprint density at radius 2 is 1.95 bits per heavy atom. The Balaban J connectivity index is 2.76. The van der Waals surface area contributed by atoms with Gasteiger partial charge in [-0.1, -0.05) is 0 Å². The highest BCUT2D eigenvalue weighted by molar-refractivity contribution is 5.88. The molecule has 1 aliphatic heterocycles. The van der Waals surface area contributed by atoms with Gasteiger partial charge in [-0.05, 0) is 13.8 Å². The van der Waals surface area contributed by atoms with Crippen molar-refractivity contribution < 1.29 is 19.4 Å². The van der Waals surface area contributed by atoms with Crippen LogP contribution < -0.4 is 5.32 Å². The van der Waals surface area contributed by atoms with Crippen LogP contribution in [-0.4, -0.2) is 85.3 Å².